The number of carbonyl (C=O) groups excluding carboxylic acids is 4. The summed E-state index contributed by atoms with van der Waals surface area (Å²) in [7, 11) is -10.3. The molecule has 268 valence electrons. The van der Waals surface area contributed by atoms with Crippen LogP contribution in [-0.2, 0) is 24.8 Å². The Hall–Kier alpha value is -5.54. The summed E-state index contributed by atoms with van der Waals surface area (Å²) >= 11 is 0. The van der Waals surface area contributed by atoms with Crippen molar-refractivity contribution in [2.75, 3.05) is 17.2 Å². The molecular formula is C36H38N4O9S2. The molecule has 0 aliphatic rings. The molecule has 0 unspecified atom stereocenters. The van der Waals surface area contributed by atoms with Crippen molar-refractivity contribution in [3.05, 3.63) is 119 Å². The Kier molecular flexibility index (Phi) is 11.4. The Morgan fingerprint density at radius 2 is 0.941 bits per heavy atom. The monoisotopic (exact) mass is 734 g/mol. The fraction of sp³-hybridized carbons (Fsp3) is 0.222. The van der Waals surface area contributed by atoms with Crippen LogP contribution in [0.15, 0.2) is 107 Å². The van der Waals surface area contributed by atoms with Crippen molar-refractivity contribution in [3.63, 3.8) is 0 Å². The van der Waals surface area contributed by atoms with E-state index in [1.807, 2.05) is 0 Å². The largest absolute Gasteiger partial charge is 0.462 e. The number of hydrogen-bond donors (Lipinski definition) is 2. The van der Waals surface area contributed by atoms with Gasteiger partial charge in [0.1, 0.15) is 0 Å². The number of sulfonamides is 2. The number of nitrogens with zero attached hydrogens (tertiary/aromatic N) is 2. The first kappa shape index (κ1) is 38.3. The molecule has 4 aromatic rings. The summed E-state index contributed by atoms with van der Waals surface area (Å²) in [4.78, 5) is 52.1. The molecule has 0 atom stereocenters. The highest BCUT2D eigenvalue weighted by atomic mass is 32.2. The molecule has 4 amide bonds. The van der Waals surface area contributed by atoms with Gasteiger partial charge in [0.15, 0.2) is 5.78 Å². The van der Waals surface area contributed by atoms with Gasteiger partial charge < -0.3 is 15.4 Å². The summed E-state index contributed by atoms with van der Waals surface area (Å²) in [5, 5.41) is 4.68. The molecule has 0 spiro atoms. The predicted octanol–water partition coefficient (Wildman–Crippen LogP) is 6.77. The van der Waals surface area contributed by atoms with E-state index < -0.39 is 53.3 Å². The van der Waals surface area contributed by atoms with E-state index in [9.17, 15) is 36.0 Å². The van der Waals surface area contributed by atoms with Gasteiger partial charge in [-0.05, 0) is 93.6 Å². The van der Waals surface area contributed by atoms with Crippen LogP contribution in [0.4, 0.5) is 21.0 Å². The summed E-state index contributed by atoms with van der Waals surface area (Å²) in [6, 6.07) is 18.1. The Balaban J connectivity index is 1.86. The lowest BCUT2D eigenvalue weighted by atomic mass is 9.86. The lowest BCUT2D eigenvalue weighted by Crippen LogP contribution is -2.57. The first-order chi connectivity index (χ1) is 23.9. The number of carbonyl (C=O) groups is 4. The number of hydrazine groups is 1. The normalized spacial score (nSPS) is 11.6. The third kappa shape index (κ3) is 8.80. The first-order valence-electron chi connectivity index (χ1n) is 15.6. The number of benzene rings is 4. The number of Topliss-reactive ketones (excluding diaryl/α,β-unsaturated/α-hetero) is 1. The second-order valence-electron chi connectivity index (χ2n) is 12.4. The Labute approximate surface area is 297 Å². The van der Waals surface area contributed by atoms with Crippen molar-refractivity contribution in [1.29, 1.82) is 0 Å². The molecule has 15 heteroatoms. The number of urea groups is 2. The van der Waals surface area contributed by atoms with E-state index in [1.54, 1.807) is 41.5 Å². The van der Waals surface area contributed by atoms with Gasteiger partial charge in [-0.3, -0.25) is 4.79 Å². The van der Waals surface area contributed by atoms with Crippen LogP contribution in [0.5, 0.6) is 0 Å². The number of esters is 1. The zero-order chi connectivity index (χ0) is 37.7. The summed E-state index contributed by atoms with van der Waals surface area (Å²) in [5.41, 5.74) is 1.05. The van der Waals surface area contributed by atoms with E-state index in [2.05, 4.69) is 10.6 Å². The number of ketones is 1. The van der Waals surface area contributed by atoms with Crippen LogP contribution >= 0.6 is 0 Å². The third-order valence-electron chi connectivity index (χ3n) is 7.33. The highest BCUT2D eigenvalue weighted by molar-refractivity contribution is 7.92. The van der Waals surface area contributed by atoms with Gasteiger partial charge in [0.05, 0.1) is 22.0 Å². The van der Waals surface area contributed by atoms with E-state index in [0.717, 1.165) is 0 Å². The van der Waals surface area contributed by atoms with Gasteiger partial charge in [-0.15, -0.1) is 8.83 Å². The zero-order valence-electron chi connectivity index (χ0n) is 28.8. The van der Waals surface area contributed by atoms with Crippen molar-refractivity contribution in [2.45, 2.75) is 51.3 Å². The number of hydrogen-bond acceptors (Lipinski definition) is 9. The number of rotatable bonds is 9. The minimum Gasteiger partial charge on any atom is -0.462 e. The standard InChI is InChI=1S/C36H38N4O9S2/c1-7-49-33(42)27-14-18-29(19-15-27)38-35(44)40(51(47,48)31-22-10-25(3)11-23-31)39(50(45,46)30-20-8-24(2)9-21-30)34(43)37-28-16-12-26(13-17-28)32(41)36(4,5)6/h8-23H,7H2,1-6H3,(H,37,43)(H,38,44). The lowest BCUT2D eigenvalue weighted by Gasteiger charge is -2.32. The van der Waals surface area contributed by atoms with Crippen molar-refractivity contribution >= 4 is 55.2 Å². The molecule has 0 heterocycles. The Bertz CT molecular complexity index is 2140. The highest BCUT2D eigenvalue weighted by Crippen LogP contribution is 2.28. The first-order valence-corrected chi connectivity index (χ1v) is 18.5. The van der Waals surface area contributed by atoms with Gasteiger partial charge in [0.2, 0.25) is 0 Å². The minimum atomic E-state index is -5.15. The van der Waals surface area contributed by atoms with Gasteiger partial charge in [-0.2, -0.15) is 16.8 Å². The van der Waals surface area contributed by atoms with Crippen molar-refractivity contribution in [3.8, 4) is 0 Å². The number of aryl methyl sites for hydroxylation is 2. The summed E-state index contributed by atoms with van der Waals surface area (Å²) in [6.07, 6.45) is 0. The molecule has 0 fully saturated rings. The average molecular weight is 735 g/mol. The predicted molar refractivity (Wildman–Crippen MR) is 191 cm³/mol. The SMILES string of the molecule is CCOC(=O)c1ccc(NC(=O)N(N(C(=O)Nc2ccc(C(=O)C(C)(C)C)cc2)S(=O)(=O)c2ccc(C)cc2)S(=O)(=O)c2ccc(C)cc2)cc1. The molecule has 4 rings (SSSR count). The van der Waals surface area contributed by atoms with E-state index in [-0.39, 0.29) is 38.2 Å². The van der Waals surface area contributed by atoms with Crippen LogP contribution in [0.3, 0.4) is 0 Å². The van der Waals surface area contributed by atoms with Gasteiger partial charge >= 0.3 is 18.0 Å². The number of nitrogens with one attached hydrogen (secondary N) is 2. The van der Waals surface area contributed by atoms with Gasteiger partial charge in [0, 0.05) is 22.4 Å². The molecule has 0 saturated carbocycles. The van der Waals surface area contributed by atoms with Crippen molar-refractivity contribution in [2.24, 2.45) is 5.41 Å². The molecule has 0 bridgehead atoms. The number of anilines is 2. The van der Waals surface area contributed by atoms with Crippen molar-refractivity contribution < 1.29 is 40.8 Å². The third-order valence-corrected chi connectivity index (χ3v) is 10.7. The summed E-state index contributed by atoms with van der Waals surface area (Å²) in [6.45, 7) is 10.4. The molecule has 4 aromatic carbocycles. The minimum absolute atomic E-state index is 0.00258. The molecule has 0 saturated heterocycles. The molecular weight excluding hydrogens is 697 g/mol. The Morgan fingerprint density at radius 1 is 0.588 bits per heavy atom. The fourth-order valence-corrected chi connectivity index (χ4v) is 7.54. The van der Waals surface area contributed by atoms with E-state index in [0.29, 0.717) is 16.7 Å². The topological polar surface area (TPSA) is 176 Å². The molecule has 0 radical (unpaired) electrons. The fourth-order valence-electron chi connectivity index (χ4n) is 4.58. The van der Waals surface area contributed by atoms with Crippen LogP contribution in [0.25, 0.3) is 0 Å². The quantitative estimate of drug-likeness (QED) is 0.107. The number of ether oxygens (including phenoxy) is 1. The smallest absolute Gasteiger partial charge is 0.356 e. The highest BCUT2D eigenvalue weighted by Gasteiger charge is 2.45. The summed E-state index contributed by atoms with van der Waals surface area (Å²) < 4.78 is 61.9. The van der Waals surface area contributed by atoms with Gasteiger partial charge in [-0.25, -0.2) is 14.4 Å². The molecule has 2 N–H and O–H groups in total. The lowest BCUT2D eigenvalue weighted by molar-refractivity contribution is 0.0526. The van der Waals surface area contributed by atoms with E-state index in [1.165, 1.54) is 97.1 Å². The number of amides is 4. The Morgan fingerprint density at radius 3 is 1.27 bits per heavy atom. The van der Waals surface area contributed by atoms with Gasteiger partial charge in [-0.1, -0.05) is 56.2 Å². The summed E-state index contributed by atoms with van der Waals surface area (Å²) in [5.74, 6) is -0.826. The maximum atomic E-state index is 14.3. The molecule has 0 aliphatic heterocycles. The van der Waals surface area contributed by atoms with E-state index in [4.69, 9.17) is 4.74 Å². The molecule has 0 aliphatic carbocycles. The van der Waals surface area contributed by atoms with Crippen LogP contribution in [0.1, 0.15) is 59.5 Å². The molecule has 0 aromatic heterocycles. The van der Waals surface area contributed by atoms with Crippen LogP contribution < -0.4 is 10.6 Å². The van der Waals surface area contributed by atoms with Crippen LogP contribution in [-0.4, -0.2) is 56.1 Å². The average Bonchev–Trinajstić information content (AvgIpc) is 3.07. The maximum absolute atomic E-state index is 14.3. The maximum Gasteiger partial charge on any atom is 0.356 e. The second-order valence-corrected chi connectivity index (χ2v) is 16.0. The van der Waals surface area contributed by atoms with E-state index >= 15 is 0 Å². The molecule has 51 heavy (non-hydrogen) atoms. The van der Waals surface area contributed by atoms with Crippen LogP contribution in [0.2, 0.25) is 0 Å². The zero-order valence-corrected chi connectivity index (χ0v) is 30.5. The molecule has 13 nitrogen and oxygen atoms in total. The van der Waals surface area contributed by atoms with Crippen molar-refractivity contribution in [1.82, 2.24) is 8.83 Å². The van der Waals surface area contributed by atoms with Gasteiger partial charge in [0.25, 0.3) is 20.0 Å². The second kappa shape index (κ2) is 15.1. The van der Waals surface area contributed by atoms with Crippen LogP contribution in [0, 0.1) is 19.3 Å².